The quantitative estimate of drug-likeness (QED) is 0.771. The summed E-state index contributed by atoms with van der Waals surface area (Å²) in [4.78, 5) is 0.234. The predicted octanol–water partition coefficient (Wildman–Crippen LogP) is 3.01. The zero-order chi connectivity index (χ0) is 17.7. The van der Waals surface area contributed by atoms with E-state index in [1.54, 1.807) is 26.3 Å². The fourth-order valence-electron chi connectivity index (χ4n) is 2.35. The Labute approximate surface area is 143 Å². The monoisotopic (exact) mass is 349 g/mol. The number of aryl methyl sites for hydroxylation is 2. The Kier molecular flexibility index (Phi) is 5.85. The van der Waals surface area contributed by atoms with Gasteiger partial charge in [-0.1, -0.05) is 18.2 Å². The van der Waals surface area contributed by atoms with Crippen molar-refractivity contribution in [3.63, 3.8) is 0 Å². The van der Waals surface area contributed by atoms with Gasteiger partial charge in [0.05, 0.1) is 12.0 Å². The topological polar surface area (TPSA) is 55.8 Å². The normalized spacial score (nSPS) is 11.5. The first-order chi connectivity index (χ1) is 11.4. The van der Waals surface area contributed by atoms with Crippen LogP contribution >= 0.6 is 0 Å². The molecule has 0 saturated heterocycles. The summed E-state index contributed by atoms with van der Waals surface area (Å²) in [6.45, 7) is 4.50. The van der Waals surface area contributed by atoms with Crippen molar-refractivity contribution in [1.82, 2.24) is 4.31 Å². The molecule has 0 fully saturated rings. The summed E-state index contributed by atoms with van der Waals surface area (Å²) < 4.78 is 37.2. The van der Waals surface area contributed by atoms with Crippen LogP contribution in [0.25, 0.3) is 0 Å². The number of hydrogen-bond donors (Lipinski definition) is 0. The Morgan fingerprint density at radius 2 is 1.58 bits per heavy atom. The highest BCUT2D eigenvalue weighted by Crippen LogP contribution is 2.22. The van der Waals surface area contributed by atoms with Crippen LogP contribution in [-0.2, 0) is 10.0 Å². The predicted molar refractivity (Wildman–Crippen MR) is 94.2 cm³/mol. The molecule has 24 heavy (non-hydrogen) atoms. The van der Waals surface area contributed by atoms with Crippen molar-refractivity contribution in [2.75, 3.05) is 27.3 Å². The van der Waals surface area contributed by atoms with Gasteiger partial charge < -0.3 is 9.47 Å². The van der Waals surface area contributed by atoms with Crippen LogP contribution in [0.4, 0.5) is 0 Å². The van der Waals surface area contributed by atoms with E-state index in [0.717, 1.165) is 16.9 Å². The summed E-state index contributed by atoms with van der Waals surface area (Å²) in [6.07, 6.45) is 0. The van der Waals surface area contributed by atoms with Gasteiger partial charge in [0.15, 0.2) is 0 Å². The molecular formula is C18H23NO4S. The summed E-state index contributed by atoms with van der Waals surface area (Å²) in [5, 5.41) is 0. The molecule has 0 N–H and O–H groups in total. The Bertz CT molecular complexity index is 765. The second kappa shape index (κ2) is 7.68. The van der Waals surface area contributed by atoms with Crippen molar-refractivity contribution < 1.29 is 17.9 Å². The van der Waals surface area contributed by atoms with Crippen molar-refractivity contribution in [3.8, 4) is 11.5 Å². The Morgan fingerprint density at radius 3 is 2.12 bits per heavy atom. The molecule has 5 nitrogen and oxygen atoms in total. The smallest absolute Gasteiger partial charge is 0.242 e. The molecule has 130 valence electrons. The average molecular weight is 349 g/mol. The van der Waals surface area contributed by atoms with E-state index in [-0.39, 0.29) is 18.0 Å². The lowest BCUT2D eigenvalue weighted by atomic mass is 10.1. The number of hydrogen-bond acceptors (Lipinski definition) is 4. The van der Waals surface area contributed by atoms with Crippen molar-refractivity contribution in [2.45, 2.75) is 18.7 Å². The van der Waals surface area contributed by atoms with E-state index < -0.39 is 10.0 Å². The number of benzene rings is 2. The lowest BCUT2D eigenvalue weighted by molar-refractivity contribution is 0.283. The zero-order valence-electron chi connectivity index (χ0n) is 14.4. The highest BCUT2D eigenvalue weighted by Gasteiger charge is 2.20. The summed E-state index contributed by atoms with van der Waals surface area (Å²) >= 11 is 0. The first kappa shape index (κ1) is 18.3. The van der Waals surface area contributed by atoms with Gasteiger partial charge in [-0.2, -0.15) is 4.31 Å². The largest absolute Gasteiger partial charge is 0.497 e. The minimum absolute atomic E-state index is 0.234. The molecule has 2 aromatic carbocycles. The molecular weight excluding hydrogens is 326 g/mol. The van der Waals surface area contributed by atoms with E-state index in [0.29, 0.717) is 5.75 Å². The molecule has 0 aliphatic heterocycles. The number of rotatable bonds is 7. The number of sulfonamides is 1. The third-order valence-corrected chi connectivity index (χ3v) is 5.70. The van der Waals surface area contributed by atoms with E-state index in [9.17, 15) is 8.42 Å². The van der Waals surface area contributed by atoms with E-state index >= 15 is 0 Å². The fourth-order valence-corrected chi connectivity index (χ4v) is 3.51. The van der Waals surface area contributed by atoms with Crippen LogP contribution in [0.1, 0.15) is 11.1 Å². The molecule has 0 unspecified atom stereocenters. The molecule has 0 heterocycles. The minimum Gasteiger partial charge on any atom is -0.497 e. The SMILES string of the molecule is COc1ccc(S(=O)(=O)N(C)CCOc2c(C)cccc2C)cc1. The maximum Gasteiger partial charge on any atom is 0.242 e. The molecule has 0 saturated carbocycles. The molecule has 0 amide bonds. The van der Waals surface area contributed by atoms with Crippen LogP contribution in [0.2, 0.25) is 0 Å². The van der Waals surface area contributed by atoms with E-state index in [1.807, 2.05) is 32.0 Å². The number of para-hydroxylation sites is 1. The molecule has 0 atom stereocenters. The van der Waals surface area contributed by atoms with Crippen molar-refractivity contribution in [2.24, 2.45) is 0 Å². The number of ether oxygens (including phenoxy) is 2. The highest BCUT2D eigenvalue weighted by atomic mass is 32.2. The summed E-state index contributed by atoms with van der Waals surface area (Å²) in [5.41, 5.74) is 2.08. The van der Waals surface area contributed by atoms with Gasteiger partial charge in [0.1, 0.15) is 18.1 Å². The van der Waals surface area contributed by atoms with E-state index in [4.69, 9.17) is 9.47 Å². The van der Waals surface area contributed by atoms with Gasteiger partial charge in [0, 0.05) is 13.6 Å². The van der Waals surface area contributed by atoms with Crippen LogP contribution in [0.3, 0.4) is 0 Å². The second-order valence-electron chi connectivity index (χ2n) is 5.57. The van der Waals surface area contributed by atoms with Crippen molar-refractivity contribution in [1.29, 1.82) is 0 Å². The molecule has 6 heteroatoms. The molecule has 0 bridgehead atoms. The first-order valence-corrected chi connectivity index (χ1v) is 9.09. The van der Waals surface area contributed by atoms with Gasteiger partial charge in [0.25, 0.3) is 0 Å². The molecule has 0 aliphatic rings. The maximum atomic E-state index is 12.5. The second-order valence-corrected chi connectivity index (χ2v) is 7.62. The van der Waals surface area contributed by atoms with Crippen LogP contribution < -0.4 is 9.47 Å². The van der Waals surface area contributed by atoms with Gasteiger partial charge in [-0.05, 0) is 49.2 Å². The van der Waals surface area contributed by atoms with Gasteiger partial charge in [-0.15, -0.1) is 0 Å². The summed E-state index contributed by atoms with van der Waals surface area (Å²) in [6, 6.07) is 12.3. The molecule has 2 aromatic rings. The first-order valence-electron chi connectivity index (χ1n) is 7.65. The van der Waals surface area contributed by atoms with Crippen LogP contribution in [0.15, 0.2) is 47.4 Å². The van der Waals surface area contributed by atoms with Gasteiger partial charge >= 0.3 is 0 Å². The lowest BCUT2D eigenvalue weighted by Gasteiger charge is -2.19. The van der Waals surface area contributed by atoms with Gasteiger partial charge in [-0.3, -0.25) is 0 Å². The Hall–Kier alpha value is -2.05. The van der Waals surface area contributed by atoms with Crippen LogP contribution in [-0.4, -0.2) is 40.0 Å². The molecule has 0 spiro atoms. The van der Waals surface area contributed by atoms with Gasteiger partial charge in [0.2, 0.25) is 10.0 Å². The molecule has 0 aromatic heterocycles. The molecule has 0 radical (unpaired) electrons. The van der Waals surface area contributed by atoms with Crippen molar-refractivity contribution >= 4 is 10.0 Å². The fraction of sp³-hybridized carbons (Fsp3) is 0.333. The van der Waals surface area contributed by atoms with Crippen molar-refractivity contribution in [3.05, 3.63) is 53.6 Å². The number of nitrogens with zero attached hydrogens (tertiary/aromatic N) is 1. The zero-order valence-corrected chi connectivity index (χ0v) is 15.3. The van der Waals surface area contributed by atoms with E-state index in [1.165, 1.54) is 16.4 Å². The van der Waals surface area contributed by atoms with Gasteiger partial charge in [-0.25, -0.2) is 8.42 Å². The summed E-state index contributed by atoms with van der Waals surface area (Å²) in [7, 11) is -0.449. The highest BCUT2D eigenvalue weighted by molar-refractivity contribution is 7.89. The third kappa shape index (κ3) is 4.07. The summed E-state index contributed by atoms with van der Waals surface area (Å²) in [5.74, 6) is 1.43. The van der Waals surface area contributed by atoms with E-state index in [2.05, 4.69) is 0 Å². The average Bonchev–Trinajstić information content (AvgIpc) is 2.57. The Morgan fingerprint density at radius 1 is 1.00 bits per heavy atom. The van der Waals surface area contributed by atoms with Crippen LogP contribution in [0.5, 0.6) is 11.5 Å². The third-order valence-electron chi connectivity index (χ3n) is 3.83. The standard InChI is InChI=1S/C18H23NO4S/c1-14-6-5-7-15(2)18(14)23-13-12-19(3)24(20,21)17-10-8-16(22-4)9-11-17/h5-11H,12-13H2,1-4H3. The minimum atomic E-state index is -3.54. The number of likely N-dealkylation sites (N-methyl/N-ethyl adjacent to an activating group) is 1. The molecule has 0 aliphatic carbocycles. The number of methoxy groups -OCH3 is 1. The lowest BCUT2D eigenvalue weighted by Crippen LogP contribution is -2.31. The van der Waals surface area contributed by atoms with Crippen LogP contribution in [0, 0.1) is 13.8 Å². The maximum absolute atomic E-state index is 12.5. The molecule has 2 rings (SSSR count). The Balaban J connectivity index is 2.01.